The van der Waals surface area contributed by atoms with E-state index in [9.17, 15) is 14.7 Å². The standard InChI is InChI=1S/C34H32N4O4/c1-37(2)20-21-38(33(40)24-12-8-5-9-13-24)27-17-15-26(16-18-27)35-31(23-10-6-4-7-11-23)30-28-19-14-25(34(41)42-3)22-29(28)36-32(30)39/h4-19,22,36,39H,20-21H2,1-3H3. The fourth-order valence-corrected chi connectivity index (χ4v) is 4.75. The third-order valence-electron chi connectivity index (χ3n) is 6.92. The number of H-pyrrole nitrogens is 1. The zero-order valence-corrected chi connectivity index (χ0v) is 23.7. The molecule has 8 nitrogen and oxygen atoms in total. The summed E-state index contributed by atoms with van der Waals surface area (Å²) < 4.78 is 4.85. The SMILES string of the molecule is COC(=O)c1ccc2c(C(=Nc3ccc(N(CCN(C)C)C(=O)c4ccccc4)cc3)c3ccccc3)c(O)[nH]c2c1. The summed E-state index contributed by atoms with van der Waals surface area (Å²) in [5, 5.41) is 11.7. The summed E-state index contributed by atoms with van der Waals surface area (Å²) in [5.74, 6) is -0.599. The quantitative estimate of drug-likeness (QED) is 0.169. The molecule has 212 valence electrons. The van der Waals surface area contributed by atoms with E-state index >= 15 is 0 Å². The Balaban J connectivity index is 1.55. The van der Waals surface area contributed by atoms with Gasteiger partial charge in [-0.25, -0.2) is 9.79 Å². The molecule has 1 heterocycles. The van der Waals surface area contributed by atoms with Crippen LogP contribution in [0.4, 0.5) is 11.4 Å². The Labute approximate surface area is 244 Å². The van der Waals surface area contributed by atoms with E-state index in [0.29, 0.717) is 52.1 Å². The lowest BCUT2D eigenvalue weighted by Crippen LogP contribution is -2.36. The van der Waals surface area contributed by atoms with Crippen LogP contribution in [-0.2, 0) is 4.74 Å². The molecule has 0 radical (unpaired) electrons. The molecule has 0 aliphatic carbocycles. The molecule has 4 aromatic carbocycles. The third kappa shape index (κ3) is 6.09. The number of carbonyl (C=O) groups excluding carboxylic acids is 2. The van der Waals surface area contributed by atoms with Gasteiger partial charge in [-0.1, -0.05) is 54.6 Å². The smallest absolute Gasteiger partial charge is 0.337 e. The molecule has 8 heteroatoms. The van der Waals surface area contributed by atoms with Gasteiger partial charge < -0.3 is 24.6 Å². The predicted molar refractivity (Wildman–Crippen MR) is 166 cm³/mol. The van der Waals surface area contributed by atoms with Crippen LogP contribution in [0.2, 0.25) is 0 Å². The maximum absolute atomic E-state index is 13.4. The van der Waals surface area contributed by atoms with Gasteiger partial charge in [0.1, 0.15) is 0 Å². The molecular formula is C34H32N4O4. The molecule has 0 aliphatic heterocycles. The van der Waals surface area contributed by atoms with Gasteiger partial charge in [-0.3, -0.25) is 4.79 Å². The Morgan fingerprint density at radius 3 is 2.07 bits per heavy atom. The Morgan fingerprint density at radius 1 is 0.810 bits per heavy atom. The fraction of sp³-hybridized carbons (Fsp3) is 0.147. The van der Waals surface area contributed by atoms with E-state index in [-0.39, 0.29) is 11.8 Å². The lowest BCUT2D eigenvalue weighted by atomic mass is 10.00. The van der Waals surface area contributed by atoms with E-state index < -0.39 is 5.97 Å². The molecule has 0 saturated heterocycles. The molecule has 0 unspecified atom stereocenters. The largest absolute Gasteiger partial charge is 0.494 e. The minimum Gasteiger partial charge on any atom is -0.494 e. The van der Waals surface area contributed by atoms with Crippen LogP contribution in [0, 0.1) is 0 Å². The number of benzene rings is 4. The number of nitrogens with one attached hydrogen (secondary N) is 1. The number of ether oxygens (including phenoxy) is 1. The molecular weight excluding hydrogens is 528 g/mol. The number of likely N-dealkylation sites (N-methyl/N-ethyl adjacent to an activating group) is 1. The van der Waals surface area contributed by atoms with Crippen molar-refractivity contribution in [2.75, 3.05) is 39.2 Å². The summed E-state index contributed by atoms with van der Waals surface area (Å²) >= 11 is 0. The number of hydrogen-bond acceptors (Lipinski definition) is 6. The molecule has 0 fully saturated rings. The number of aliphatic imine (C=N–C) groups is 1. The van der Waals surface area contributed by atoms with Gasteiger partial charge in [-0.05, 0) is 62.6 Å². The summed E-state index contributed by atoms with van der Waals surface area (Å²) in [4.78, 5) is 37.2. The van der Waals surface area contributed by atoms with Crippen LogP contribution < -0.4 is 4.90 Å². The number of aromatic nitrogens is 1. The lowest BCUT2D eigenvalue weighted by Gasteiger charge is -2.25. The van der Waals surface area contributed by atoms with Crippen molar-refractivity contribution in [2.45, 2.75) is 0 Å². The van der Waals surface area contributed by atoms with Crippen molar-refractivity contribution < 1.29 is 19.4 Å². The topological polar surface area (TPSA) is 98.2 Å². The van der Waals surface area contributed by atoms with E-state index in [2.05, 4.69) is 4.98 Å². The lowest BCUT2D eigenvalue weighted by molar-refractivity contribution is 0.0600. The first-order valence-electron chi connectivity index (χ1n) is 13.5. The van der Waals surface area contributed by atoms with Crippen molar-refractivity contribution in [3.63, 3.8) is 0 Å². The molecule has 42 heavy (non-hydrogen) atoms. The molecule has 0 atom stereocenters. The number of hydrogen-bond donors (Lipinski definition) is 2. The second-order valence-corrected chi connectivity index (χ2v) is 10.1. The summed E-state index contributed by atoms with van der Waals surface area (Å²) in [6, 6.07) is 31.4. The maximum atomic E-state index is 13.4. The molecule has 0 bridgehead atoms. The van der Waals surface area contributed by atoms with Crippen LogP contribution in [0.1, 0.15) is 31.8 Å². The highest BCUT2D eigenvalue weighted by molar-refractivity contribution is 6.22. The average molecular weight is 561 g/mol. The predicted octanol–water partition coefficient (Wildman–Crippen LogP) is 6.04. The van der Waals surface area contributed by atoms with Gasteiger partial charge in [-0.15, -0.1) is 0 Å². The van der Waals surface area contributed by atoms with Crippen molar-refractivity contribution in [1.29, 1.82) is 0 Å². The van der Waals surface area contributed by atoms with Gasteiger partial charge in [0.05, 0.1) is 29.6 Å². The third-order valence-corrected chi connectivity index (χ3v) is 6.92. The first-order chi connectivity index (χ1) is 20.4. The Morgan fingerprint density at radius 2 is 1.45 bits per heavy atom. The van der Waals surface area contributed by atoms with Crippen molar-refractivity contribution in [3.8, 4) is 5.88 Å². The monoisotopic (exact) mass is 560 g/mol. The minimum atomic E-state index is -0.463. The zero-order chi connectivity index (χ0) is 29.6. The van der Waals surface area contributed by atoms with Crippen LogP contribution in [0.3, 0.4) is 0 Å². The molecule has 5 aromatic rings. The van der Waals surface area contributed by atoms with Gasteiger partial charge in [-0.2, -0.15) is 0 Å². The number of aromatic amines is 1. The van der Waals surface area contributed by atoms with Crippen LogP contribution in [0.15, 0.2) is 108 Å². The summed E-state index contributed by atoms with van der Waals surface area (Å²) in [7, 11) is 5.28. The van der Waals surface area contributed by atoms with E-state index in [1.165, 1.54) is 7.11 Å². The Bertz CT molecular complexity index is 1730. The highest BCUT2D eigenvalue weighted by Gasteiger charge is 2.21. The second-order valence-electron chi connectivity index (χ2n) is 10.1. The van der Waals surface area contributed by atoms with Crippen molar-refractivity contribution >= 4 is 39.9 Å². The van der Waals surface area contributed by atoms with E-state index in [0.717, 1.165) is 11.3 Å². The van der Waals surface area contributed by atoms with Crippen LogP contribution in [-0.4, -0.2) is 66.9 Å². The molecule has 5 rings (SSSR count). The number of fused-ring (bicyclic) bond motifs is 1. The molecule has 1 aromatic heterocycles. The number of nitrogens with zero attached hydrogens (tertiary/aromatic N) is 3. The highest BCUT2D eigenvalue weighted by Crippen LogP contribution is 2.33. The molecule has 2 N–H and O–H groups in total. The van der Waals surface area contributed by atoms with Crippen molar-refractivity contribution in [2.24, 2.45) is 4.99 Å². The summed E-state index contributed by atoms with van der Waals surface area (Å²) in [6.07, 6.45) is 0. The number of amides is 1. The molecule has 0 saturated carbocycles. The highest BCUT2D eigenvalue weighted by atomic mass is 16.5. The Hall–Kier alpha value is -5.21. The van der Waals surface area contributed by atoms with E-state index in [4.69, 9.17) is 9.73 Å². The number of aromatic hydroxyl groups is 1. The summed E-state index contributed by atoms with van der Waals surface area (Å²) in [6.45, 7) is 1.23. The van der Waals surface area contributed by atoms with Gasteiger partial charge >= 0.3 is 5.97 Å². The normalized spacial score (nSPS) is 11.6. The number of anilines is 1. The minimum absolute atomic E-state index is 0.0606. The number of methoxy groups -OCH3 is 1. The molecule has 1 amide bonds. The number of esters is 1. The first-order valence-corrected chi connectivity index (χ1v) is 13.5. The van der Waals surface area contributed by atoms with Crippen molar-refractivity contribution in [1.82, 2.24) is 9.88 Å². The number of rotatable bonds is 9. The summed E-state index contributed by atoms with van der Waals surface area (Å²) in [5.41, 5.74) is 4.87. The van der Waals surface area contributed by atoms with Crippen LogP contribution in [0.25, 0.3) is 10.9 Å². The van der Waals surface area contributed by atoms with Crippen LogP contribution in [0.5, 0.6) is 5.88 Å². The zero-order valence-electron chi connectivity index (χ0n) is 23.7. The average Bonchev–Trinajstić information content (AvgIpc) is 3.35. The van der Waals surface area contributed by atoms with Gasteiger partial charge in [0.15, 0.2) is 5.88 Å². The second kappa shape index (κ2) is 12.5. The fourth-order valence-electron chi connectivity index (χ4n) is 4.75. The van der Waals surface area contributed by atoms with Gasteiger partial charge in [0, 0.05) is 40.8 Å². The van der Waals surface area contributed by atoms with Crippen LogP contribution >= 0.6 is 0 Å². The number of carbonyl (C=O) groups is 2. The van der Waals surface area contributed by atoms with Gasteiger partial charge in [0.25, 0.3) is 5.91 Å². The Kier molecular flexibility index (Phi) is 8.45. The molecule has 0 spiro atoms. The van der Waals surface area contributed by atoms with E-state index in [1.54, 1.807) is 23.1 Å². The van der Waals surface area contributed by atoms with E-state index in [1.807, 2.05) is 104 Å². The molecule has 0 aliphatic rings. The first kappa shape index (κ1) is 28.3. The van der Waals surface area contributed by atoms with Crippen molar-refractivity contribution in [3.05, 3.63) is 125 Å². The van der Waals surface area contributed by atoms with Gasteiger partial charge in [0.2, 0.25) is 0 Å². The maximum Gasteiger partial charge on any atom is 0.337 e.